The first-order valence-electron chi connectivity index (χ1n) is 13.9. The van der Waals surface area contributed by atoms with Crippen LogP contribution in [-0.2, 0) is 16.0 Å². The van der Waals surface area contributed by atoms with E-state index in [1.54, 1.807) is 19.1 Å². The van der Waals surface area contributed by atoms with Gasteiger partial charge in [0.2, 0.25) is 0 Å². The van der Waals surface area contributed by atoms with Gasteiger partial charge in [-0.05, 0) is 76.4 Å². The van der Waals surface area contributed by atoms with Crippen LogP contribution >= 0.6 is 0 Å². The monoisotopic (exact) mass is 539 g/mol. The molecule has 0 saturated carbocycles. The molecular formula is C35H41NO4. The van der Waals surface area contributed by atoms with Crippen molar-refractivity contribution in [2.24, 2.45) is 5.41 Å². The van der Waals surface area contributed by atoms with Crippen LogP contribution in [0.25, 0.3) is 6.08 Å². The Morgan fingerprint density at radius 1 is 0.925 bits per heavy atom. The van der Waals surface area contributed by atoms with Crippen molar-refractivity contribution in [2.45, 2.75) is 66.3 Å². The van der Waals surface area contributed by atoms with Crippen LogP contribution in [0.2, 0.25) is 0 Å². The van der Waals surface area contributed by atoms with E-state index in [-0.39, 0.29) is 17.1 Å². The van der Waals surface area contributed by atoms with Crippen molar-refractivity contribution in [2.75, 3.05) is 19.1 Å². The molecular weight excluding hydrogens is 498 g/mol. The Morgan fingerprint density at radius 2 is 1.60 bits per heavy atom. The summed E-state index contributed by atoms with van der Waals surface area (Å²) in [5.74, 6) is 1.28. The molecule has 3 aromatic rings. The van der Waals surface area contributed by atoms with E-state index in [0.717, 1.165) is 16.7 Å². The number of rotatable bonds is 9. The number of benzene rings is 3. The van der Waals surface area contributed by atoms with E-state index < -0.39 is 6.04 Å². The topological polar surface area (TPSA) is 55.8 Å². The number of anilines is 1. The molecule has 0 radical (unpaired) electrons. The molecule has 210 valence electrons. The van der Waals surface area contributed by atoms with Gasteiger partial charge in [0.05, 0.1) is 14.2 Å². The first-order valence-corrected chi connectivity index (χ1v) is 13.9. The second-order valence-electron chi connectivity index (χ2n) is 12.1. The predicted molar refractivity (Wildman–Crippen MR) is 162 cm³/mol. The molecule has 4 rings (SSSR count). The van der Waals surface area contributed by atoms with Gasteiger partial charge in [-0.15, -0.1) is 0 Å². The Hall–Kier alpha value is -3.86. The third-order valence-electron chi connectivity index (χ3n) is 7.37. The third kappa shape index (κ3) is 6.14. The summed E-state index contributed by atoms with van der Waals surface area (Å²) < 4.78 is 11.3. The SMILES string of the molecule is COc1cc(C(C(=O)CC(C)(C)C)N(C(=O)C2=Cc3ccccc3C2)c2ccc(C(C)C)cc2)cc(C)c1OC. The minimum absolute atomic E-state index is 0.0310. The number of amides is 1. The highest BCUT2D eigenvalue weighted by atomic mass is 16.5. The molecule has 40 heavy (non-hydrogen) atoms. The van der Waals surface area contributed by atoms with Gasteiger partial charge in [-0.3, -0.25) is 14.5 Å². The van der Waals surface area contributed by atoms with Crippen LogP contribution in [0.15, 0.2) is 66.2 Å². The zero-order chi connectivity index (χ0) is 29.2. The number of nitrogens with zero attached hydrogens (tertiary/aromatic N) is 1. The number of ketones is 1. The number of hydrogen-bond acceptors (Lipinski definition) is 4. The van der Waals surface area contributed by atoms with Crippen molar-refractivity contribution in [1.82, 2.24) is 0 Å². The number of carbonyl (C=O) groups is 2. The molecule has 0 bridgehead atoms. The Kier molecular flexibility index (Phi) is 8.53. The lowest BCUT2D eigenvalue weighted by Gasteiger charge is -2.34. The molecule has 1 aliphatic rings. The van der Waals surface area contributed by atoms with Crippen LogP contribution in [0.1, 0.15) is 80.8 Å². The maximum Gasteiger partial charge on any atom is 0.255 e. The van der Waals surface area contributed by atoms with Crippen molar-refractivity contribution in [3.05, 3.63) is 94.1 Å². The molecule has 0 N–H and O–H groups in total. The largest absolute Gasteiger partial charge is 0.493 e. The van der Waals surface area contributed by atoms with Crippen molar-refractivity contribution in [3.63, 3.8) is 0 Å². The number of Topliss-reactive ketones (excluding diaryl/α,β-unsaturated/α-hetero) is 1. The van der Waals surface area contributed by atoms with Gasteiger partial charge in [-0.2, -0.15) is 0 Å². The Labute approximate surface area is 238 Å². The van der Waals surface area contributed by atoms with Crippen molar-refractivity contribution >= 4 is 23.5 Å². The highest BCUT2D eigenvalue weighted by molar-refractivity contribution is 6.13. The fraction of sp³-hybridized carbons (Fsp3) is 0.371. The molecule has 1 aliphatic carbocycles. The zero-order valence-electron chi connectivity index (χ0n) is 25.0. The molecule has 0 aromatic heterocycles. The smallest absolute Gasteiger partial charge is 0.255 e. The summed E-state index contributed by atoms with van der Waals surface area (Å²) in [6.45, 7) is 12.3. The number of ether oxygens (including phenoxy) is 2. The summed E-state index contributed by atoms with van der Waals surface area (Å²) >= 11 is 0. The van der Waals surface area contributed by atoms with Gasteiger partial charge in [0.15, 0.2) is 17.3 Å². The van der Waals surface area contributed by atoms with Gasteiger partial charge < -0.3 is 9.47 Å². The molecule has 0 heterocycles. The van der Waals surface area contributed by atoms with Crippen LogP contribution in [0.5, 0.6) is 11.5 Å². The number of fused-ring (bicyclic) bond motifs is 1. The summed E-state index contributed by atoms with van der Waals surface area (Å²) in [6.07, 6.45) is 2.79. The summed E-state index contributed by atoms with van der Waals surface area (Å²) in [6, 6.07) is 19.0. The summed E-state index contributed by atoms with van der Waals surface area (Å²) in [7, 11) is 3.18. The number of hydrogen-bond donors (Lipinski definition) is 0. The first kappa shape index (κ1) is 29.1. The summed E-state index contributed by atoms with van der Waals surface area (Å²) in [5, 5.41) is 0. The van der Waals surface area contributed by atoms with E-state index in [2.05, 4.69) is 13.8 Å². The van der Waals surface area contributed by atoms with Gasteiger partial charge in [0.25, 0.3) is 5.91 Å². The molecule has 0 fully saturated rings. The lowest BCUT2D eigenvalue weighted by molar-refractivity contribution is -0.125. The second-order valence-corrected chi connectivity index (χ2v) is 12.1. The second kappa shape index (κ2) is 11.7. The van der Waals surface area contributed by atoms with Gasteiger partial charge in [-0.1, -0.05) is 71.0 Å². The zero-order valence-corrected chi connectivity index (χ0v) is 25.0. The van der Waals surface area contributed by atoms with E-state index in [9.17, 15) is 9.59 Å². The van der Waals surface area contributed by atoms with E-state index in [0.29, 0.717) is 47.1 Å². The standard InChI is InChI=1S/C35H41NO4/c1-22(2)24-13-15-29(16-14-24)36(34(38)28-18-25-11-9-10-12-26(25)19-28)32(30(37)21-35(4,5)6)27-17-23(3)33(40-8)31(20-27)39-7/h9-18,20,22,32H,19,21H2,1-8H3. The predicted octanol–water partition coefficient (Wildman–Crippen LogP) is 7.85. The maximum absolute atomic E-state index is 14.5. The highest BCUT2D eigenvalue weighted by Gasteiger charge is 2.37. The molecule has 1 atom stereocenters. The van der Waals surface area contributed by atoms with Crippen LogP contribution in [-0.4, -0.2) is 25.9 Å². The molecule has 0 saturated heterocycles. The molecule has 5 nitrogen and oxygen atoms in total. The fourth-order valence-corrected chi connectivity index (χ4v) is 5.41. The van der Waals surface area contributed by atoms with Crippen LogP contribution in [0.4, 0.5) is 5.69 Å². The van der Waals surface area contributed by atoms with Gasteiger partial charge >= 0.3 is 0 Å². The molecule has 1 amide bonds. The minimum atomic E-state index is -0.847. The average molecular weight is 540 g/mol. The van der Waals surface area contributed by atoms with Crippen LogP contribution in [0.3, 0.4) is 0 Å². The van der Waals surface area contributed by atoms with E-state index in [1.807, 2.05) is 94.4 Å². The number of methoxy groups -OCH3 is 2. The maximum atomic E-state index is 14.5. The molecule has 0 spiro atoms. The first-order chi connectivity index (χ1) is 18.9. The lowest BCUT2D eigenvalue weighted by atomic mass is 9.85. The fourth-order valence-electron chi connectivity index (χ4n) is 5.41. The molecule has 5 heteroatoms. The Bertz CT molecular complexity index is 1430. The van der Waals surface area contributed by atoms with E-state index >= 15 is 0 Å². The molecule has 0 aliphatic heterocycles. The normalized spacial score (nSPS) is 13.5. The number of carbonyl (C=O) groups excluding carboxylic acids is 2. The minimum Gasteiger partial charge on any atom is -0.493 e. The quantitative estimate of drug-likeness (QED) is 0.278. The van der Waals surface area contributed by atoms with Gasteiger partial charge in [0.1, 0.15) is 6.04 Å². The third-order valence-corrected chi connectivity index (χ3v) is 7.37. The van der Waals surface area contributed by atoms with E-state index in [1.165, 1.54) is 5.56 Å². The highest BCUT2D eigenvalue weighted by Crippen LogP contribution is 2.40. The van der Waals surface area contributed by atoms with Crippen LogP contribution < -0.4 is 14.4 Å². The van der Waals surface area contributed by atoms with Crippen molar-refractivity contribution in [3.8, 4) is 11.5 Å². The summed E-state index contributed by atoms with van der Waals surface area (Å²) in [4.78, 5) is 30.5. The van der Waals surface area contributed by atoms with E-state index in [4.69, 9.17) is 9.47 Å². The van der Waals surface area contributed by atoms with Crippen molar-refractivity contribution in [1.29, 1.82) is 0 Å². The lowest BCUT2D eigenvalue weighted by Crippen LogP contribution is -2.41. The summed E-state index contributed by atoms with van der Waals surface area (Å²) in [5.41, 5.74) is 5.94. The van der Waals surface area contributed by atoms with Crippen LogP contribution in [0, 0.1) is 12.3 Å². The Morgan fingerprint density at radius 3 is 2.17 bits per heavy atom. The molecule has 1 unspecified atom stereocenters. The Balaban J connectivity index is 1.92. The molecule has 3 aromatic carbocycles. The van der Waals surface area contributed by atoms with Gasteiger partial charge in [0, 0.05) is 24.1 Å². The van der Waals surface area contributed by atoms with Gasteiger partial charge in [-0.25, -0.2) is 0 Å². The van der Waals surface area contributed by atoms with Crippen molar-refractivity contribution < 1.29 is 19.1 Å². The number of aryl methyl sites for hydroxylation is 1. The average Bonchev–Trinajstić information content (AvgIpc) is 3.34.